The molecule has 4 aromatic carbocycles. The number of hydrogen-bond acceptors (Lipinski definition) is 8. The lowest BCUT2D eigenvalue weighted by Gasteiger charge is -2.29. The fourth-order valence-corrected chi connectivity index (χ4v) is 7.37. The molecule has 51 heavy (non-hydrogen) atoms. The normalized spacial score (nSPS) is 16.2. The van der Waals surface area contributed by atoms with E-state index < -0.39 is 46.0 Å². The topological polar surface area (TPSA) is 155 Å². The maximum Gasteiger partial charge on any atom is 0.330 e. The van der Waals surface area contributed by atoms with Crippen molar-refractivity contribution in [3.8, 4) is 5.75 Å². The zero-order valence-corrected chi connectivity index (χ0v) is 29.2. The number of methoxy groups -OCH3 is 1. The van der Waals surface area contributed by atoms with E-state index in [1.165, 1.54) is 41.2 Å². The lowest BCUT2D eigenvalue weighted by molar-refractivity contribution is -0.147. The molecule has 0 aromatic heterocycles. The molecule has 5 amide bonds. The number of amides is 5. The first-order chi connectivity index (χ1) is 24.5. The summed E-state index contributed by atoms with van der Waals surface area (Å²) in [5.41, 5.74) is 2.09. The number of carbonyl (C=O) groups excluding carboxylic acids is 4. The second-order valence-electron chi connectivity index (χ2n) is 11.6. The summed E-state index contributed by atoms with van der Waals surface area (Å²) in [6.07, 6.45) is -0.915. The number of halogens is 1. The highest BCUT2D eigenvalue weighted by Gasteiger charge is 2.54. The molecule has 2 heterocycles. The highest BCUT2D eigenvalue weighted by molar-refractivity contribution is 7.92. The Balaban J connectivity index is 1.38. The van der Waals surface area contributed by atoms with Crippen molar-refractivity contribution in [1.82, 2.24) is 9.80 Å². The first-order valence-electron chi connectivity index (χ1n) is 16.0. The Morgan fingerprint density at radius 2 is 1.65 bits per heavy atom. The number of anilines is 3. The summed E-state index contributed by atoms with van der Waals surface area (Å²) < 4.78 is 40.3. The number of para-hydroxylation sites is 2. The van der Waals surface area contributed by atoms with Crippen molar-refractivity contribution in [2.75, 3.05) is 35.2 Å². The number of carbonyl (C=O) groups is 4. The molecular formula is C36H34ClN5O8S. The maximum atomic E-state index is 14.5. The van der Waals surface area contributed by atoms with Crippen LogP contribution in [0.3, 0.4) is 0 Å². The molecule has 6 rings (SSSR count). The molecule has 2 aliphatic heterocycles. The number of imide groups is 1. The average Bonchev–Trinajstić information content (AvgIpc) is 3.65. The van der Waals surface area contributed by atoms with Crippen LogP contribution in [-0.2, 0) is 42.1 Å². The highest BCUT2D eigenvalue weighted by atomic mass is 35.5. The summed E-state index contributed by atoms with van der Waals surface area (Å²) in [7, 11) is -2.93. The molecule has 2 aliphatic rings. The van der Waals surface area contributed by atoms with Crippen LogP contribution in [0, 0.1) is 0 Å². The Labute approximate surface area is 299 Å². The van der Waals surface area contributed by atoms with Crippen molar-refractivity contribution in [2.24, 2.45) is 0 Å². The van der Waals surface area contributed by atoms with Gasteiger partial charge in [-0.1, -0.05) is 72.3 Å². The zero-order chi connectivity index (χ0) is 36.3. The minimum Gasteiger partial charge on any atom is -0.495 e. The van der Waals surface area contributed by atoms with Crippen LogP contribution in [0.4, 0.5) is 21.9 Å². The molecule has 2 unspecified atom stereocenters. The third-order valence-electron chi connectivity index (χ3n) is 8.45. The van der Waals surface area contributed by atoms with Crippen LogP contribution in [0.25, 0.3) is 0 Å². The predicted octanol–water partition coefficient (Wildman–Crippen LogP) is 4.87. The molecule has 0 bridgehead atoms. The van der Waals surface area contributed by atoms with E-state index in [1.54, 1.807) is 61.5 Å². The van der Waals surface area contributed by atoms with E-state index in [0.717, 1.165) is 11.6 Å². The molecule has 2 atom stereocenters. The molecule has 15 heteroatoms. The van der Waals surface area contributed by atoms with E-state index in [-0.39, 0.29) is 46.7 Å². The van der Waals surface area contributed by atoms with Crippen molar-refractivity contribution in [1.29, 1.82) is 0 Å². The van der Waals surface area contributed by atoms with Gasteiger partial charge in [0.05, 0.1) is 34.9 Å². The fourth-order valence-electron chi connectivity index (χ4n) is 6.03. The summed E-state index contributed by atoms with van der Waals surface area (Å²) in [4.78, 5) is 59.9. The van der Waals surface area contributed by atoms with Crippen LogP contribution in [0.2, 0.25) is 5.02 Å². The Morgan fingerprint density at radius 3 is 2.37 bits per heavy atom. The second kappa shape index (κ2) is 14.8. The molecule has 0 aliphatic carbocycles. The summed E-state index contributed by atoms with van der Waals surface area (Å²) in [5, 5.41) is 2.74. The molecule has 0 spiro atoms. The van der Waals surface area contributed by atoms with Gasteiger partial charge in [-0.3, -0.25) is 24.0 Å². The quantitative estimate of drug-likeness (QED) is 0.155. The predicted molar refractivity (Wildman–Crippen MR) is 190 cm³/mol. The number of rotatable bonds is 12. The van der Waals surface area contributed by atoms with E-state index in [9.17, 15) is 27.6 Å². The number of hydrogen-bond donors (Lipinski definition) is 2. The van der Waals surface area contributed by atoms with Crippen molar-refractivity contribution in [3.63, 3.8) is 0 Å². The first-order valence-corrected chi connectivity index (χ1v) is 17.8. The fraction of sp³-hybridized carbons (Fsp3) is 0.222. The first kappa shape index (κ1) is 35.4. The number of sulfonamides is 1. The van der Waals surface area contributed by atoms with E-state index >= 15 is 0 Å². The van der Waals surface area contributed by atoms with Gasteiger partial charge in [0.15, 0.2) is 6.04 Å². The third kappa shape index (κ3) is 7.11. The summed E-state index contributed by atoms with van der Waals surface area (Å²) in [5.74, 6) is -2.75. The van der Waals surface area contributed by atoms with Crippen LogP contribution in [-0.4, -0.2) is 74.5 Å². The number of ether oxygens (including phenoxy) is 2. The minimum absolute atomic E-state index is 0.0339. The molecule has 4 aromatic rings. The van der Waals surface area contributed by atoms with E-state index in [0.29, 0.717) is 22.6 Å². The number of urea groups is 1. The lowest BCUT2D eigenvalue weighted by Crippen LogP contribution is -2.57. The van der Waals surface area contributed by atoms with Crippen LogP contribution < -0.4 is 19.7 Å². The molecule has 13 nitrogen and oxygen atoms in total. The van der Waals surface area contributed by atoms with Gasteiger partial charge in [0.1, 0.15) is 5.75 Å². The number of nitrogens with one attached hydrogen (secondary N) is 2. The van der Waals surface area contributed by atoms with Gasteiger partial charge in [0, 0.05) is 18.8 Å². The van der Waals surface area contributed by atoms with Crippen LogP contribution in [0.1, 0.15) is 18.1 Å². The molecule has 264 valence electrons. The molecule has 0 saturated carbocycles. The van der Waals surface area contributed by atoms with Crippen molar-refractivity contribution in [3.05, 3.63) is 113 Å². The summed E-state index contributed by atoms with van der Waals surface area (Å²) in [6.45, 7) is 1.89. The largest absolute Gasteiger partial charge is 0.495 e. The number of nitrogens with zero attached hydrogens (tertiary/aromatic N) is 3. The van der Waals surface area contributed by atoms with E-state index in [4.69, 9.17) is 21.1 Å². The van der Waals surface area contributed by atoms with Crippen molar-refractivity contribution in [2.45, 2.75) is 37.1 Å². The second-order valence-corrected chi connectivity index (χ2v) is 13.7. The average molecular weight is 732 g/mol. The van der Waals surface area contributed by atoms with Gasteiger partial charge in [-0.05, 0) is 60.9 Å². The van der Waals surface area contributed by atoms with Crippen LogP contribution >= 0.6 is 11.6 Å². The van der Waals surface area contributed by atoms with Gasteiger partial charge < -0.3 is 19.7 Å². The lowest BCUT2D eigenvalue weighted by atomic mass is 10.1. The molecule has 1 saturated heterocycles. The number of benzene rings is 4. The SMILES string of the molecule is CCOC1C(=O)N(C(C(=O)Nc2cc(S(=O)(=O)Nc3ccccc3Cl)ccc2OC)C(=O)N2CCc3ccccc32)C(=O)N1Cc1ccccc1. The summed E-state index contributed by atoms with van der Waals surface area (Å²) in [6, 6.07) is 23.1. The summed E-state index contributed by atoms with van der Waals surface area (Å²) >= 11 is 6.17. The van der Waals surface area contributed by atoms with Crippen molar-refractivity contribution < 1.29 is 37.1 Å². The van der Waals surface area contributed by atoms with Crippen LogP contribution in [0.5, 0.6) is 5.75 Å². The van der Waals surface area contributed by atoms with Crippen molar-refractivity contribution >= 4 is 62.4 Å². The Bertz CT molecular complexity index is 2100. The standard InChI is InChI=1S/C36H34ClN5O8S/c1-3-50-35-34(45)42(36(46)41(35)22-23-11-5-4-6-12-23)31(33(44)40-20-19-24-13-7-10-16-29(24)40)32(43)38-28-21-25(17-18-30(28)49-2)51(47,48)39-27-15-9-8-14-26(27)37/h4-18,21,31,35,39H,3,19-20,22H2,1-2H3,(H,38,43). The van der Waals surface area contributed by atoms with Gasteiger partial charge in [0.25, 0.3) is 27.7 Å². The number of fused-ring (bicyclic) bond motifs is 1. The minimum atomic E-state index is -4.24. The zero-order valence-electron chi connectivity index (χ0n) is 27.6. The highest BCUT2D eigenvalue weighted by Crippen LogP contribution is 2.33. The Kier molecular flexibility index (Phi) is 10.3. The Morgan fingerprint density at radius 1 is 0.941 bits per heavy atom. The van der Waals surface area contributed by atoms with Gasteiger partial charge >= 0.3 is 6.03 Å². The Hall–Kier alpha value is -5.44. The van der Waals surface area contributed by atoms with Gasteiger partial charge in [-0.15, -0.1) is 0 Å². The van der Waals surface area contributed by atoms with Gasteiger partial charge in [-0.2, -0.15) is 0 Å². The van der Waals surface area contributed by atoms with Gasteiger partial charge in [0.2, 0.25) is 6.23 Å². The molecule has 0 radical (unpaired) electrons. The maximum absolute atomic E-state index is 14.5. The molecule has 2 N–H and O–H groups in total. The smallest absolute Gasteiger partial charge is 0.330 e. The van der Waals surface area contributed by atoms with Gasteiger partial charge in [-0.25, -0.2) is 18.1 Å². The monoisotopic (exact) mass is 731 g/mol. The third-order valence-corrected chi connectivity index (χ3v) is 10.1. The molecule has 1 fully saturated rings. The van der Waals surface area contributed by atoms with E-state index in [2.05, 4.69) is 10.0 Å². The van der Waals surface area contributed by atoms with Crippen LogP contribution in [0.15, 0.2) is 102 Å². The molecular weight excluding hydrogens is 698 g/mol. The van der Waals surface area contributed by atoms with E-state index in [1.807, 2.05) is 12.1 Å².